The lowest BCUT2D eigenvalue weighted by Crippen LogP contribution is -2.40. The van der Waals surface area contributed by atoms with Crippen molar-refractivity contribution in [2.45, 2.75) is 64.0 Å². The maximum absolute atomic E-state index is 12.1. The molecule has 5 heteroatoms. The van der Waals surface area contributed by atoms with Gasteiger partial charge in [0.2, 0.25) is 5.91 Å². The minimum atomic E-state index is -0.0287. The first-order chi connectivity index (χ1) is 10.6. The zero-order valence-corrected chi connectivity index (χ0v) is 14.5. The number of aryl methyl sites for hydroxylation is 1. The molecule has 0 aliphatic heterocycles. The van der Waals surface area contributed by atoms with Gasteiger partial charge in [-0.25, -0.2) is 0 Å². The molecule has 4 nitrogen and oxygen atoms in total. The second-order valence-corrected chi connectivity index (χ2v) is 6.15. The summed E-state index contributed by atoms with van der Waals surface area (Å²) in [5.41, 5.74) is 7.76. The molecule has 1 aliphatic rings. The number of nitrogens with two attached hydrogens (primary N) is 1. The van der Waals surface area contributed by atoms with Crippen LogP contribution < -0.4 is 11.1 Å². The largest absolute Gasteiger partial charge is 0.353 e. The van der Waals surface area contributed by atoms with Gasteiger partial charge in [-0.1, -0.05) is 31.2 Å². The SMILES string of the molecule is CCc1ccc(C(=O)CCC(=O)NC2CCC(N)CC2)cc1.Cl. The van der Waals surface area contributed by atoms with E-state index in [0.29, 0.717) is 5.56 Å². The minimum absolute atomic E-state index is 0. The summed E-state index contributed by atoms with van der Waals surface area (Å²) in [5, 5.41) is 3.02. The van der Waals surface area contributed by atoms with Gasteiger partial charge in [-0.05, 0) is 37.7 Å². The maximum Gasteiger partial charge on any atom is 0.220 e. The molecule has 0 unspecified atom stereocenters. The van der Waals surface area contributed by atoms with E-state index in [9.17, 15) is 9.59 Å². The van der Waals surface area contributed by atoms with Crippen molar-refractivity contribution >= 4 is 24.1 Å². The normalized spacial score (nSPS) is 20.4. The number of hydrogen-bond donors (Lipinski definition) is 2. The molecule has 0 radical (unpaired) electrons. The van der Waals surface area contributed by atoms with Gasteiger partial charge in [0.25, 0.3) is 0 Å². The highest BCUT2D eigenvalue weighted by molar-refractivity contribution is 5.98. The van der Waals surface area contributed by atoms with Crippen LogP contribution in [-0.4, -0.2) is 23.8 Å². The van der Waals surface area contributed by atoms with E-state index < -0.39 is 0 Å². The number of nitrogens with one attached hydrogen (secondary N) is 1. The van der Waals surface area contributed by atoms with E-state index in [1.54, 1.807) is 0 Å². The fourth-order valence-corrected chi connectivity index (χ4v) is 2.86. The minimum Gasteiger partial charge on any atom is -0.353 e. The summed E-state index contributed by atoms with van der Waals surface area (Å²) in [5.74, 6) is 0.00229. The lowest BCUT2D eigenvalue weighted by Gasteiger charge is -2.26. The topological polar surface area (TPSA) is 72.2 Å². The third-order valence-electron chi connectivity index (χ3n) is 4.40. The molecule has 2 rings (SSSR count). The molecule has 0 bridgehead atoms. The summed E-state index contributed by atoms with van der Waals surface area (Å²) >= 11 is 0. The lowest BCUT2D eigenvalue weighted by molar-refractivity contribution is -0.122. The molecule has 0 aromatic heterocycles. The standard InChI is InChI=1S/C18H26N2O2.ClH/c1-2-13-3-5-14(6-4-13)17(21)11-12-18(22)20-16-9-7-15(19)8-10-16;/h3-6,15-16H,2,7-12,19H2,1H3,(H,20,22);1H. The van der Waals surface area contributed by atoms with Gasteiger partial charge in [-0.15, -0.1) is 12.4 Å². The molecule has 128 valence electrons. The van der Waals surface area contributed by atoms with Crippen molar-refractivity contribution in [3.63, 3.8) is 0 Å². The van der Waals surface area contributed by atoms with Crippen LogP contribution in [0.4, 0.5) is 0 Å². The molecule has 1 fully saturated rings. The molecular formula is C18H27ClN2O2. The molecule has 0 heterocycles. The highest BCUT2D eigenvalue weighted by Crippen LogP contribution is 2.17. The van der Waals surface area contributed by atoms with E-state index in [0.717, 1.165) is 32.1 Å². The first kappa shape index (κ1) is 19.7. The van der Waals surface area contributed by atoms with E-state index in [4.69, 9.17) is 5.73 Å². The molecule has 1 aliphatic carbocycles. The number of benzene rings is 1. The van der Waals surface area contributed by atoms with Crippen molar-refractivity contribution in [2.75, 3.05) is 0 Å². The van der Waals surface area contributed by atoms with Crippen molar-refractivity contribution in [3.8, 4) is 0 Å². The van der Waals surface area contributed by atoms with Crippen LogP contribution in [0.3, 0.4) is 0 Å². The van der Waals surface area contributed by atoms with Crippen LogP contribution in [0, 0.1) is 0 Å². The van der Waals surface area contributed by atoms with Gasteiger partial charge in [-0.3, -0.25) is 9.59 Å². The second-order valence-electron chi connectivity index (χ2n) is 6.15. The van der Waals surface area contributed by atoms with Crippen LogP contribution >= 0.6 is 12.4 Å². The Morgan fingerprint density at radius 2 is 1.70 bits per heavy atom. The van der Waals surface area contributed by atoms with E-state index in [1.807, 2.05) is 24.3 Å². The quantitative estimate of drug-likeness (QED) is 0.783. The summed E-state index contributed by atoms with van der Waals surface area (Å²) in [7, 11) is 0. The number of rotatable bonds is 6. The average Bonchev–Trinajstić information content (AvgIpc) is 2.55. The Labute approximate surface area is 144 Å². The number of hydrogen-bond acceptors (Lipinski definition) is 3. The Hall–Kier alpha value is -1.39. The van der Waals surface area contributed by atoms with Crippen molar-refractivity contribution in [2.24, 2.45) is 5.73 Å². The zero-order chi connectivity index (χ0) is 15.9. The van der Waals surface area contributed by atoms with E-state index in [1.165, 1.54) is 5.56 Å². The van der Waals surface area contributed by atoms with Crippen molar-refractivity contribution in [1.29, 1.82) is 0 Å². The summed E-state index contributed by atoms with van der Waals surface area (Å²) < 4.78 is 0. The number of ketones is 1. The van der Waals surface area contributed by atoms with E-state index in [-0.39, 0.29) is 49.0 Å². The Morgan fingerprint density at radius 3 is 2.26 bits per heavy atom. The number of halogens is 1. The summed E-state index contributed by atoms with van der Waals surface area (Å²) in [6, 6.07) is 8.15. The molecule has 1 amide bonds. The van der Waals surface area contributed by atoms with Crippen LogP contribution in [0.25, 0.3) is 0 Å². The van der Waals surface area contributed by atoms with Gasteiger partial charge in [-0.2, -0.15) is 0 Å². The Bertz CT molecular complexity index is 508. The van der Waals surface area contributed by atoms with Crippen LogP contribution in [0.2, 0.25) is 0 Å². The highest BCUT2D eigenvalue weighted by atomic mass is 35.5. The molecule has 23 heavy (non-hydrogen) atoms. The molecule has 1 aromatic rings. The van der Waals surface area contributed by atoms with Crippen LogP contribution in [0.5, 0.6) is 0 Å². The van der Waals surface area contributed by atoms with Crippen molar-refractivity contribution < 1.29 is 9.59 Å². The van der Waals surface area contributed by atoms with Crippen molar-refractivity contribution in [1.82, 2.24) is 5.32 Å². The summed E-state index contributed by atoms with van der Waals surface area (Å²) in [6.07, 6.45) is 5.31. The lowest BCUT2D eigenvalue weighted by atomic mass is 9.91. The Kier molecular flexibility index (Phi) is 8.28. The first-order valence-electron chi connectivity index (χ1n) is 8.25. The monoisotopic (exact) mass is 338 g/mol. The van der Waals surface area contributed by atoms with Gasteiger partial charge in [0.1, 0.15) is 0 Å². The number of carbonyl (C=O) groups excluding carboxylic acids is 2. The summed E-state index contributed by atoms with van der Waals surface area (Å²) in [6.45, 7) is 2.08. The highest BCUT2D eigenvalue weighted by Gasteiger charge is 2.20. The summed E-state index contributed by atoms with van der Waals surface area (Å²) in [4.78, 5) is 24.0. The average molecular weight is 339 g/mol. The van der Waals surface area contributed by atoms with Gasteiger partial charge >= 0.3 is 0 Å². The molecule has 1 aromatic carbocycles. The predicted octanol–water partition coefficient (Wildman–Crippen LogP) is 3.02. The van der Waals surface area contributed by atoms with Crippen LogP contribution in [0.15, 0.2) is 24.3 Å². The Morgan fingerprint density at radius 1 is 1.09 bits per heavy atom. The fraction of sp³-hybridized carbons (Fsp3) is 0.556. The molecule has 3 N–H and O–H groups in total. The third-order valence-corrected chi connectivity index (χ3v) is 4.40. The smallest absolute Gasteiger partial charge is 0.220 e. The van der Waals surface area contributed by atoms with E-state index >= 15 is 0 Å². The number of carbonyl (C=O) groups is 2. The molecule has 1 saturated carbocycles. The van der Waals surface area contributed by atoms with E-state index in [2.05, 4.69) is 12.2 Å². The number of Topliss-reactive ketones (excluding diaryl/α,β-unsaturated/α-hetero) is 1. The van der Waals surface area contributed by atoms with Gasteiger partial charge in [0, 0.05) is 30.5 Å². The van der Waals surface area contributed by atoms with Gasteiger partial charge < -0.3 is 11.1 Å². The molecule has 0 atom stereocenters. The van der Waals surface area contributed by atoms with Crippen molar-refractivity contribution in [3.05, 3.63) is 35.4 Å². The van der Waals surface area contributed by atoms with Crippen LogP contribution in [-0.2, 0) is 11.2 Å². The Balaban J connectivity index is 0.00000264. The molecule has 0 spiro atoms. The maximum atomic E-state index is 12.1. The number of amides is 1. The first-order valence-corrected chi connectivity index (χ1v) is 8.25. The third kappa shape index (κ3) is 6.32. The fourth-order valence-electron chi connectivity index (χ4n) is 2.86. The second kappa shape index (κ2) is 9.68. The van der Waals surface area contributed by atoms with Gasteiger partial charge in [0.15, 0.2) is 5.78 Å². The van der Waals surface area contributed by atoms with Crippen LogP contribution in [0.1, 0.15) is 61.4 Å². The zero-order valence-electron chi connectivity index (χ0n) is 13.7. The van der Waals surface area contributed by atoms with Gasteiger partial charge in [0.05, 0.1) is 0 Å². The molecule has 0 saturated heterocycles. The molecular weight excluding hydrogens is 312 g/mol. The predicted molar refractivity (Wildman–Crippen MR) is 95.0 cm³/mol.